The number of thiophene rings is 1. The van der Waals surface area contributed by atoms with Gasteiger partial charge < -0.3 is 10.2 Å². The Bertz CT molecular complexity index is 949. The summed E-state index contributed by atoms with van der Waals surface area (Å²) < 4.78 is 1.25. The molecule has 0 saturated carbocycles. The predicted molar refractivity (Wildman–Crippen MR) is 109 cm³/mol. The summed E-state index contributed by atoms with van der Waals surface area (Å²) >= 11 is 1.73. The van der Waals surface area contributed by atoms with Crippen molar-refractivity contribution >= 4 is 38.8 Å². The van der Waals surface area contributed by atoms with E-state index in [0.717, 1.165) is 43.0 Å². The van der Waals surface area contributed by atoms with Gasteiger partial charge in [-0.25, -0.2) is 4.98 Å². The molecular weight excluding hydrogens is 342 g/mol. The zero-order chi connectivity index (χ0) is 18.1. The monoisotopic (exact) mass is 365 g/mol. The Morgan fingerprint density at radius 1 is 1.27 bits per heavy atom. The van der Waals surface area contributed by atoms with E-state index in [9.17, 15) is 4.79 Å². The van der Waals surface area contributed by atoms with Crippen LogP contribution >= 0.6 is 11.3 Å². The van der Waals surface area contributed by atoms with Gasteiger partial charge in [0.2, 0.25) is 5.91 Å². The number of benzene rings is 1. The number of amides is 1. The summed E-state index contributed by atoms with van der Waals surface area (Å²) in [6.07, 6.45) is 3.80. The second-order valence-corrected chi connectivity index (χ2v) is 7.94. The molecule has 1 fully saturated rings. The van der Waals surface area contributed by atoms with Crippen molar-refractivity contribution in [3.05, 3.63) is 53.0 Å². The van der Waals surface area contributed by atoms with E-state index in [-0.39, 0.29) is 11.8 Å². The second-order valence-electron chi connectivity index (χ2n) is 6.99. The van der Waals surface area contributed by atoms with E-state index in [1.54, 1.807) is 11.3 Å². The smallest absolute Gasteiger partial charge is 0.229 e. The Labute approximate surface area is 157 Å². The third kappa shape index (κ3) is 3.19. The number of hydrogen-bond acceptors (Lipinski definition) is 4. The van der Waals surface area contributed by atoms with Gasteiger partial charge in [-0.15, -0.1) is 11.3 Å². The van der Waals surface area contributed by atoms with Crippen LogP contribution in [0.25, 0.3) is 10.1 Å². The lowest BCUT2D eigenvalue weighted by atomic mass is 9.96. The first-order chi connectivity index (χ1) is 12.6. The van der Waals surface area contributed by atoms with Crippen LogP contribution in [0.15, 0.2) is 41.9 Å². The van der Waals surface area contributed by atoms with Gasteiger partial charge in [0.25, 0.3) is 0 Å². The van der Waals surface area contributed by atoms with Crippen LogP contribution in [0.1, 0.15) is 24.0 Å². The van der Waals surface area contributed by atoms with Crippen molar-refractivity contribution < 1.29 is 4.79 Å². The highest BCUT2D eigenvalue weighted by molar-refractivity contribution is 7.17. The Kier molecular flexibility index (Phi) is 4.64. The first-order valence-electron chi connectivity index (χ1n) is 9.08. The van der Waals surface area contributed by atoms with Gasteiger partial charge in [0.05, 0.1) is 5.92 Å². The average molecular weight is 366 g/mol. The van der Waals surface area contributed by atoms with Gasteiger partial charge in [0.1, 0.15) is 5.82 Å². The molecule has 1 aromatic carbocycles. The molecule has 5 heteroatoms. The van der Waals surface area contributed by atoms with Crippen molar-refractivity contribution in [3.63, 3.8) is 0 Å². The molecule has 1 amide bonds. The number of aromatic nitrogens is 1. The van der Waals surface area contributed by atoms with Crippen LogP contribution in [0.3, 0.4) is 0 Å². The van der Waals surface area contributed by atoms with Crippen LogP contribution in [0.5, 0.6) is 0 Å². The fourth-order valence-electron chi connectivity index (χ4n) is 3.64. The van der Waals surface area contributed by atoms with Crippen molar-refractivity contribution in [2.24, 2.45) is 5.92 Å². The molecular formula is C21H23N3OS. The molecule has 4 rings (SSSR count). The number of nitrogens with zero attached hydrogens (tertiary/aromatic N) is 2. The number of nitrogens with one attached hydrogen (secondary N) is 1. The van der Waals surface area contributed by atoms with Crippen molar-refractivity contribution in [3.8, 4) is 0 Å². The van der Waals surface area contributed by atoms with Crippen LogP contribution in [-0.4, -0.2) is 24.0 Å². The van der Waals surface area contributed by atoms with E-state index < -0.39 is 0 Å². The maximum atomic E-state index is 12.9. The molecule has 1 unspecified atom stereocenters. The Balaban J connectivity index is 1.52. The van der Waals surface area contributed by atoms with Crippen LogP contribution in [0.2, 0.25) is 0 Å². The molecule has 1 aliphatic rings. The Hall–Kier alpha value is -2.40. The van der Waals surface area contributed by atoms with Crippen LogP contribution in [-0.2, 0) is 4.79 Å². The number of carbonyl (C=O) groups excluding carboxylic acids is 1. The number of fused-ring (bicyclic) bond motifs is 1. The first-order valence-corrected chi connectivity index (χ1v) is 9.95. The lowest BCUT2D eigenvalue weighted by Crippen LogP contribution is -2.41. The summed E-state index contributed by atoms with van der Waals surface area (Å²) in [5, 5.41) is 6.43. The minimum atomic E-state index is -0.0145. The van der Waals surface area contributed by atoms with Gasteiger partial charge in [-0.3, -0.25) is 4.79 Å². The van der Waals surface area contributed by atoms with Crippen molar-refractivity contribution in [2.75, 3.05) is 23.3 Å². The van der Waals surface area contributed by atoms with Gasteiger partial charge in [0, 0.05) is 35.1 Å². The lowest BCUT2D eigenvalue weighted by Gasteiger charge is -2.33. The molecule has 1 saturated heterocycles. The summed E-state index contributed by atoms with van der Waals surface area (Å²) in [4.78, 5) is 19.7. The molecule has 0 bridgehead atoms. The quantitative estimate of drug-likeness (QED) is 0.727. The molecule has 1 N–H and O–H groups in total. The number of hydrogen-bond donors (Lipinski definition) is 1. The van der Waals surface area contributed by atoms with E-state index in [2.05, 4.69) is 52.6 Å². The SMILES string of the molecule is Cc1cccc(NC(=O)C2CCCN(c3nccc4sccc34)C2)c1C. The van der Waals surface area contributed by atoms with Crippen LogP contribution in [0, 0.1) is 19.8 Å². The van der Waals surface area contributed by atoms with Gasteiger partial charge in [-0.05, 0) is 61.4 Å². The summed E-state index contributed by atoms with van der Waals surface area (Å²) in [5.74, 6) is 1.10. The van der Waals surface area contributed by atoms with E-state index in [1.165, 1.54) is 15.6 Å². The summed E-state index contributed by atoms with van der Waals surface area (Å²) in [5.41, 5.74) is 3.25. The zero-order valence-electron chi connectivity index (χ0n) is 15.2. The molecule has 1 atom stereocenters. The third-order valence-corrected chi connectivity index (χ3v) is 6.20. The molecule has 3 heterocycles. The largest absolute Gasteiger partial charge is 0.355 e. The number of carbonyl (C=O) groups is 1. The molecule has 0 radical (unpaired) electrons. The molecule has 2 aromatic heterocycles. The Morgan fingerprint density at radius 2 is 2.15 bits per heavy atom. The normalized spacial score (nSPS) is 17.5. The van der Waals surface area contributed by atoms with Crippen molar-refractivity contribution in [1.29, 1.82) is 0 Å². The number of pyridine rings is 1. The van der Waals surface area contributed by atoms with E-state index in [0.29, 0.717) is 0 Å². The highest BCUT2D eigenvalue weighted by Crippen LogP contribution is 2.31. The topological polar surface area (TPSA) is 45.2 Å². The molecule has 3 aromatic rings. The number of rotatable bonds is 3. The van der Waals surface area contributed by atoms with Crippen molar-refractivity contribution in [2.45, 2.75) is 26.7 Å². The molecule has 0 spiro atoms. The fourth-order valence-corrected chi connectivity index (χ4v) is 4.41. The first kappa shape index (κ1) is 17.0. The summed E-state index contributed by atoms with van der Waals surface area (Å²) in [6.45, 7) is 5.80. The molecule has 1 aliphatic heterocycles. The van der Waals surface area contributed by atoms with Gasteiger partial charge in [-0.2, -0.15) is 0 Å². The average Bonchev–Trinajstić information content (AvgIpc) is 3.14. The number of piperidine rings is 1. The minimum absolute atomic E-state index is 0.0145. The minimum Gasteiger partial charge on any atom is -0.355 e. The zero-order valence-corrected chi connectivity index (χ0v) is 16.0. The van der Waals surface area contributed by atoms with E-state index >= 15 is 0 Å². The molecule has 0 aliphatic carbocycles. The molecule has 134 valence electrons. The Morgan fingerprint density at radius 3 is 3.04 bits per heavy atom. The third-order valence-electron chi connectivity index (χ3n) is 5.31. The number of aryl methyl sites for hydroxylation is 1. The van der Waals surface area contributed by atoms with E-state index in [1.807, 2.05) is 18.3 Å². The standard InChI is InChI=1S/C21H23N3OS/c1-14-5-3-7-18(15(14)2)23-21(25)16-6-4-11-24(13-16)20-17-9-12-26-19(17)8-10-22-20/h3,5,7-10,12,16H,4,6,11,13H2,1-2H3,(H,23,25). The maximum Gasteiger partial charge on any atom is 0.229 e. The lowest BCUT2D eigenvalue weighted by molar-refractivity contribution is -0.120. The molecule has 4 nitrogen and oxygen atoms in total. The number of anilines is 2. The second kappa shape index (κ2) is 7.08. The van der Waals surface area contributed by atoms with Gasteiger partial charge in [0.15, 0.2) is 0 Å². The highest BCUT2D eigenvalue weighted by atomic mass is 32.1. The predicted octanol–water partition coefficient (Wildman–Crippen LogP) is 4.77. The van der Waals surface area contributed by atoms with Crippen LogP contribution < -0.4 is 10.2 Å². The van der Waals surface area contributed by atoms with Gasteiger partial charge in [-0.1, -0.05) is 12.1 Å². The highest BCUT2D eigenvalue weighted by Gasteiger charge is 2.27. The molecule has 26 heavy (non-hydrogen) atoms. The van der Waals surface area contributed by atoms with Crippen molar-refractivity contribution in [1.82, 2.24) is 4.98 Å². The fraction of sp³-hybridized carbons (Fsp3) is 0.333. The van der Waals surface area contributed by atoms with Gasteiger partial charge >= 0.3 is 0 Å². The van der Waals surface area contributed by atoms with Crippen LogP contribution in [0.4, 0.5) is 11.5 Å². The summed E-state index contributed by atoms with van der Waals surface area (Å²) in [7, 11) is 0. The summed E-state index contributed by atoms with van der Waals surface area (Å²) in [6, 6.07) is 10.2. The van der Waals surface area contributed by atoms with E-state index in [4.69, 9.17) is 0 Å². The maximum absolute atomic E-state index is 12.9.